The van der Waals surface area contributed by atoms with Gasteiger partial charge in [0.25, 0.3) is 0 Å². The predicted molar refractivity (Wildman–Crippen MR) is 102 cm³/mol. The van der Waals surface area contributed by atoms with Crippen LogP contribution in [0, 0.1) is 0 Å². The van der Waals surface area contributed by atoms with Crippen molar-refractivity contribution in [1.82, 2.24) is 0 Å². The van der Waals surface area contributed by atoms with E-state index in [4.69, 9.17) is 5.73 Å². The Morgan fingerprint density at radius 1 is 1.16 bits per heavy atom. The lowest BCUT2D eigenvalue weighted by Crippen LogP contribution is -2.55. The Kier molecular flexibility index (Phi) is 11.1. The minimum absolute atomic E-state index is 0.0740. The summed E-state index contributed by atoms with van der Waals surface area (Å²) < 4.78 is 0.235. The number of hydrogen-bond acceptors (Lipinski definition) is 4. The topological polar surface area (TPSA) is 78.5 Å². The molecule has 0 spiro atoms. The van der Waals surface area contributed by atoms with Crippen LogP contribution in [0.5, 0.6) is 0 Å². The van der Waals surface area contributed by atoms with Gasteiger partial charge in [-0.3, -0.25) is 0 Å². The van der Waals surface area contributed by atoms with E-state index in [1.165, 1.54) is 38.5 Å². The molecular weight excluding hydrogens is 314 g/mol. The molecule has 0 amide bonds. The monoisotopic (exact) mass is 349 g/mol. The van der Waals surface area contributed by atoms with Gasteiger partial charge in [0.1, 0.15) is 19.3 Å². The van der Waals surface area contributed by atoms with Crippen molar-refractivity contribution in [2.45, 2.75) is 71.1 Å². The van der Waals surface area contributed by atoms with Crippen LogP contribution in [-0.2, 0) is 4.79 Å². The number of nitrogens with two attached hydrogens (primary N) is 1. The Labute approximate surface area is 152 Å². The summed E-state index contributed by atoms with van der Waals surface area (Å²) in [7, 11) is 0. The molecule has 0 saturated carbocycles. The largest absolute Gasteiger partial charge is 0.544 e. The molecule has 1 rings (SSSR count). The quantitative estimate of drug-likeness (QED) is 0.280. The number of amidine groups is 1. The SMILES string of the molecule is CCCCC/C=C/CCCCCCC1=NC=C[N+]1(CCN)CC(=O)[O-]. The van der Waals surface area contributed by atoms with Gasteiger partial charge in [0.05, 0.1) is 12.2 Å². The van der Waals surface area contributed by atoms with Crippen molar-refractivity contribution in [3.8, 4) is 0 Å². The molecule has 5 heteroatoms. The molecule has 1 heterocycles. The number of aliphatic imine (C=N–C) groups is 1. The zero-order valence-corrected chi connectivity index (χ0v) is 15.8. The summed E-state index contributed by atoms with van der Waals surface area (Å²) in [5, 5.41) is 11.1. The summed E-state index contributed by atoms with van der Waals surface area (Å²) in [6.45, 7) is 3.15. The molecule has 1 unspecified atom stereocenters. The number of carbonyl (C=O) groups is 1. The van der Waals surface area contributed by atoms with Gasteiger partial charge in [-0.15, -0.1) is 0 Å². The lowest BCUT2D eigenvalue weighted by molar-refractivity contribution is -0.780. The highest BCUT2D eigenvalue weighted by Crippen LogP contribution is 2.20. The first-order valence-electron chi connectivity index (χ1n) is 9.81. The molecular formula is C20H35N3O2. The van der Waals surface area contributed by atoms with E-state index in [9.17, 15) is 9.90 Å². The Hall–Kier alpha value is -1.46. The maximum atomic E-state index is 11.1. The lowest BCUT2D eigenvalue weighted by Gasteiger charge is -2.32. The van der Waals surface area contributed by atoms with Gasteiger partial charge in [-0.25, -0.2) is 9.48 Å². The first-order chi connectivity index (χ1) is 12.1. The van der Waals surface area contributed by atoms with E-state index in [0.717, 1.165) is 31.5 Å². The number of quaternary nitrogens is 1. The molecule has 0 fully saturated rings. The third kappa shape index (κ3) is 8.45. The van der Waals surface area contributed by atoms with Crippen LogP contribution in [0.1, 0.15) is 71.1 Å². The summed E-state index contributed by atoms with van der Waals surface area (Å²) in [6.07, 6.45) is 19.9. The van der Waals surface area contributed by atoms with Crippen molar-refractivity contribution in [3.05, 3.63) is 24.6 Å². The fraction of sp³-hybridized carbons (Fsp3) is 0.700. The van der Waals surface area contributed by atoms with Crippen LogP contribution in [0.4, 0.5) is 0 Å². The van der Waals surface area contributed by atoms with Gasteiger partial charge in [0.2, 0.25) is 5.84 Å². The van der Waals surface area contributed by atoms with Gasteiger partial charge in [0.15, 0.2) is 0 Å². The average Bonchev–Trinajstić information content (AvgIpc) is 2.94. The van der Waals surface area contributed by atoms with E-state index in [0.29, 0.717) is 13.1 Å². The number of carboxylic acid groups (broad SMARTS) is 1. The smallest absolute Gasteiger partial charge is 0.207 e. The molecule has 0 saturated heterocycles. The van der Waals surface area contributed by atoms with Gasteiger partial charge in [-0.1, -0.05) is 44.8 Å². The number of carboxylic acids is 1. The predicted octanol–water partition coefficient (Wildman–Crippen LogP) is 2.87. The third-order valence-electron chi connectivity index (χ3n) is 4.69. The summed E-state index contributed by atoms with van der Waals surface area (Å²) in [6, 6.07) is 0. The minimum atomic E-state index is -1.06. The second-order valence-corrected chi connectivity index (χ2v) is 6.84. The van der Waals surface area contributed by atoms with Crippen molar-refractivity contribution in [2.24, 2.45) is 10.7 Å². The fourth-order valence-corrected chi connectivity index (χ4v) is 3.27. The van der Waals surface area contributed by atoms with Gasteiger partial charge in [-0.05, 0) is 32.1 Å². The van der Waals surface area contributed by atoms with E-state index in [2.05, 4.69) is 24.1 Å². The lowest BCUT2D eigenvalue weighted by atomic mass is 10.1. The van der Waals surface area contributed by atoms with Crippen molar-refractivity contribution in [1.29, 1.82) is 0 Å². The van der Waals surface area contributed by atoms with Crippen molar-refractivity contribution in [2.75, 3.05) is 19.6 Å². The third-order valence-corrected chi connectivity index (χ3v) is 4.69. The molecule has 1 aliphatic rings. The van der Waals surface area contributed by atoms with Crippen LogP contribution < -0.4 is 10.8 Å². The van der Waals surface area contributed by atoms with Crippen molar-refractivity contribution < 1.29 is 14.4 Å². The number of aliphatic carboxylic acids is 1. The first kappa shape index (κ1) is 21.6. The molecule has 0 aromatic carbocycles. The minimum Gasteiger partial charge on any atom is -0.544 e. The molecule has 0 aromatic rings. The summed E-state index contributed by atoms with van der Waals surface area (Å²) in [4.78, 5) is 15.5. The molecule has 1 aliphatic heterocycles. The Morgan fingerprint density at radius 2 is 1.84 bits per heavy atom. The van der Waals surface area contributed by atoms with Gasteiger partial charge < -0.3 is 15.6 Å². The van der Waals surface area contributed by atoms with Crippen molar-refractivity contribution in [3.63, 3.8) is 0 Å². The maximum Gasteiger partial charge on any atom is 0.207 e. The molecule has 1 atom stereocenters. The Balaban J connectivity index is 2.19. The number of allylic oxidation sites excluding steroid dienone is 2. The molecule has 25 heavy (non-hydrogen) atoms. The van der Waals surface area contributed by atoms with E-state index in [1.807, 2.05) is 6.20 Å². The normalized spacial score (nSPS) is 19.7. The molecule has 0 aliphatic carbocycles. The number of unbranched alkanes of at least 4 members (excludes halogenated alkanes) is 7. The molecule has 5 nitrogen and oxygen atoms in total. The first-order valence-corrected chi connectivity index (χ1v) is 9.81. The summed E-state index contributed by atoms with van der Waals surface area (Å²) in [5.41, 5.74) is 5.67. The molecule has 0 radical (unpaired) electrons. The Bertz CT molecular complexity index is 472. The van der Waals surface area contributed by atoms with Gasteiger partial charge in [-0.2, -0.15) is 0 Å². The second-order valence-electron chi connectivity index (χ2n) is 6.84. The van der Waals surface area contributed by atoms with E-state index >= 15 is 0 Å². The van der Waals surface area contributed by atoms with E-state index in [-0.39, 0.29) is 11.0 Å². The number of rotatable bonds is 15. The van der Waals surface area contributed by atoms with Gasteiger partial charge >= 0.3 is 0 Å². The number of hydrogen-bond donors (Lipinski definition) is 1. The average molecular weight is 350 g/mol. The molecule has 142 valence electrons. The van der Waals surface area contributed by atoms with Crippen LogP contribution in [-0.4, -0.2) is 35.9 Å². The molecule has 0 bridgehead atoms. The highest BCUT2D eigenvalue weighted by Gasteiger charge is 2.34. The van der Waals surface area contributed by atoms with E-state index < -0.39 is 5.97 Å². The van der Waals surface area contributed by atoms with Crippen LogP contribution in [0.15, 0.2) is 29.5 Å². The van der Waals surface area contributed by atoms with Crippen LogP contribution >= 0.6 is 0 Å². The zero-order valence-electron chi connectivity index (χ0n) is 15.8. The zero-order chi connectivity index (χ0) is 18.4. The number of nitrogens with zero attached hydrogens (tertiary/aromatic N) is 2. The second kappa shape index (κ2) is 12.8. The highest BCUT2D eigenvalue weighted by molar-refractivity contribution is 5.80. The Morgan fingerprint density at radius 3 is 2.48 bits per heavy atom. The van der Waals surface area contributed by atoms with Crippen molar-refractivity contribution >= 4 is 11.8 Å². The summed E-state index contributed by atoms with van der Waals surface area (Å²) in [5.74, 6) is -0.149. The number of carbonyl (C=O) groups excluding carboxylic acids is 1. The molecule has 2 N–H and O–H groups in total. The van der Waals surface area contributed by atoms with Crippen LogP contribution in [0.25, 0.3) is 0 Å². The molecule has 0 aromatic heterocycles. The summed E-state index contributed by atoms with van der Waals surface area (Å²) >= 11 is 0. The van der Waals surface area contributed by atoms with E-state index in [1.54, 1.807) is 6.20 Å². The van der Waals surface area contributed by atoms with Crippen LogP contribution in [0.2, 0.25) is 0 Å². The standard InChI is InChI=1S/C20H35N3O2/c1-2-3-4-5-6-7-8-9-10-11-12-13-19-22-15-17-23(19,16-14-21)18-20(24)25/h6-7,15,17H,2-5,8-14,16,18,21H2,1H3/b7-6+. The maximum absolute atomic E-state index is 11.1. The van der Waals surface area contributed by atoms with Gasteiger partial charge in [0, 0.05) is 13.0 Å². The highest BCUT2D eigenvalue weighted by atomic mass is 16.4. The van der Waals surface area contributed by atoms with Crippen LogP contribution in [0.3, 0.4) is 0 Å². The fourth-order valence-electron chi connectivity index (χ4n) is 3.27.